The molecule has 2 amide bonds. The highest BCUT2D eigenvalue weighted by Crippen LogP contribution is 2.37. The van der Waals surface area contributed by atoms with E-state index in [9.17, 15) is 19.5 Å². The Morgan fingerprint density at radius 3 is 2.56 bits per heavy atom. The Morgan fingerprint density at radius 1 is 1.22 bits per heavy atom. The first-order valence-corrected chi connectivity index (χ1v) is 9.70. The molecule has 7 heteroatoms. The lowest BCUT2D eigenvalue weighted by molar-refractivity contribution is -0.132. The van der Waals surface area contributed by atoms with Crippen molar-refractivity contribution in [3.63, 3.8) is 0 Å². The van der Waals surface area contributed by atoms with Crippen LogP contribution in [0.15, 0.2) is 30.3 Å². The third kappa shape index (κ3) is 4.19. The molecule has 0 unspecified atom stereocenters. The Labute approximate surface area is 161 Å². The number of hydrogen-bond acceptors (Lipinski definition) is 4. The summed E-state index contributed by atoms with van der Waals surface area (Å²) in [5.74, 6) is -1.05. The number of nitrogens with zero attached hydrogens (tertiary/aromatic N) is 1. The van der Waals surface area contributed by atoms with Gasteiger partial charge in [-0.2, -0.15) is 0 Å². The Balaban J connectivity index is 1.85. The fourth-order valence-electron chi connectivity index (χ4n) is 3.17. The molecule has 0 saturated carbocycles. The van der Waals surface area contributed by atoms with Crippen molar-refractivity contribution in [2.24, 2.45) is 5.92 Å². The fraction of sp³-hybridized carbons (Fsp3) is 0.350. The van der Waals surface area contributed by atoms with Gasteiger partial charge in [-0.25, -0.2) is 4.79 Å². The van der Waals surface area contributed by atoms with Crippen molar-refractivity contribution in [3.05, 3.63) is 51.9 Å². The van der Waals surface area contributed by atoms with Crippen LogP contribution in [0.5, 0.6) is 0 Å². The van der Waals surface area contributed by atoms with Crippen LogP contribution in [0.1, 0.15) is 51.4 Å². The number of benzene rings is 1. The van der Waals surface area contributed by atoms with E-state index in [1.54, 1.807) is 29.2 Å². The Kier molecular flexibility index (Phi) is 5.60. The number of carbonyl (C=O) groups excluding carboxylic acids is 2. The highest BCUT2D eigenvalue weighted by Gasteiger charge is 2.30. The highest BCUT2D eigenvalue weighted by molar-refractivity contribution is 7.17. The van der Waals surface area contributed by atoms with Gasteiger partial charge >= 0.3 is 5.97 Å². The fourth-order valence-corrected chi connectivity index (χ4v) is 4.42. The first-order valence-electron chi connectivity index (χ1n) is 8.88. The normalized spacial score (nSPS) is 13.4. The van der Waals surface area contributed by atoms with Crippen LogP contribution in [0, 0.1) is 5.92 Å². The van der Waals surface area contributed by atoms with Gasteiger partial charge in [-0.1, -0.05) is 32.0 Å². The summed E-state index contributed by atoms with van der Waals surface area (Å²) in [6.07, 6.45) is 0.961. The van der Waals surface area contributed by atoms with Crippen LogP contribution in [-0.2, 0) is 17.8 Å². The zero-order valence-corrected chi connectivity index (χ0v) is 16.1. The first-order chi connectivity index (χ1) is 12.9. The van der Waals surface area contributed by atoms with Crippen LogP contribution in [-0.4, -0.2) is 34.3 Å². The predicted octanol–water partition coefficient (Wildman–Crippen LogP) is 3.63. The minimum Gasteiger partial charge on any atom is -0.478 e. The van der Waals surface area contributed by atoms with Gasteiger partial charge in [-0.3, -0.25) is 9.59 Å². The molecule has 6 nitrogen and oxygen atoms in total. The lowest BCUT2D eigenvalue weighted by Gasteiger charge is -2.27. The van der Waals surface area contributed by atoms with Crippen molar-refractivity contribution in [2.75, 3.05) is 11.9 Å². The molecule has 142 valence electrons. The van der Waals surface area contributed by atoms with E-state index in [1.807, 2.05) is 19.9 Å². The van der Waals surface area contributed by atoms with Crippen LogP contribution in [0.3, 0.4) is 0 Å². The number of thiophene rings is 1. The first kappa shape index (κ1) is 19.1. The van der Waals surface area contributed by atoms with E-state index < -0.39 is 5.97 Å². The third-order valence-electron chi connectivity index (χ3n) is 4.47. The predicted molar refractivity (Wildman–Crippen MR) is 104 cm³/mol. The maximum Gasteiger partial charge on any atom is 0.339 e. The molecule has 1 aliphatic heterocycles. The molecule has 0 fully saturated rings. The van der Waals surface area contributed by atoms with E-state index in [4.69, 9.17) is 0 Å². The molecule has 0 aliphatic carbocycles. The third-order valence-corrected chi connectivity index (χ3v) is 5.60. The van der Waals surface area contributed by atoms with Gasteiger partial charge in [0.05, 0.1) is 12.1 Å². The molecule has 0 atom stereocenters. The highest BCUT2D eigenvalue weighted by atomic mass is 32.1. The molecule has 0 bridgehead atoms. The molecule has 0 saturated heterocycles. The molecule has 2 heterocycles. The van der Waals surface area contributed by atoms with Gasteiger partial charge in [0, 0.05) is 23.4 Å². The number of nitrogens with one attached hydrogen (secondary N) is 1. The Bertz CT molecular complexity index is 874. The summed E-state index contributed by atoms with van der Waals surface area (Å²) in [7, 11) is 0. The molecule has 27 heavy (non-hydrogen) atoms. The maximum atomic E-state index is 12.4. The zero-order valence-electron chi connectivity index (χ0n) is 15.3. The summed E-state index contributed by atoms with van der Waals surface area (Å²) in [6, 6.07) is 8.67. The molecule has 2 N–H and O–H groups in total. The second-order valence-corrected chi connectivity index (χ2v) is 8.10. The quantitative estimate of drug-likeness (QED) is 0.821. The van der Waals surface area contributed by atoms with Gasteiger partial charge in [0.25, 0.3) is 5.91 Å². The van der Waals surface area contributed by atoms with Gasteiger partial charge in [-0.15, -0.1) is 11.3 Å². The molecule has 0 spiro atoms. The minimum atomic E-state index is -1.06. The van der Waals surface area contributed by atoms with Crippen LogP contribution in [0.25, 0.3) is 0 Å². The van der Waals surface area contributed by atoms with E-state index >= 15 is 0 Å². The van der Waals surface area contributed by atoms with Crippen molar-refractivity contribution in [1.82, 2.24) is 4.90 Å². The molecule has 1 aliphatic rings. The SMILES string of the molecule is CC(C)CC(=O)N1CCc2c(sc(NC(=O)c3ccccc3)c2C(=O)O)C1. The Hall–Kier alpha value is -2.67. The van der Waals surface area contributed by atoms with Crippen LogP contribution < -0.4 is 5.32 Å². The summed E-state index contributed by atoms with van der Waals surface area (Å²) in [5, 5.41) is 12.7. The summed E-state index contributed by atoms with van der Waals surface area (Å²) in [6.45, 7) is 4.89. The summed E-state index contributed by atoms with van der Waals surface area (Å²) < 4.78 is 0. The van der Waals surface area contributed by atoms with Crippen LogP contribution >= 0.6 is 11.3 Å². The molecule has 2 aromatic rings. The van der Waals surface area contributed by atoms with Gasteiger partial charge < -0.3 is 15.3 Å². The van der Waals surface area contributed by atoms with Gasteiger partial charge in [0.2, 0.25) is 5.91 Å². The number of amides is 2. The molecular weight excluding hydrogens is 364 g/mol. The monoisotopic (exact) mass is 386 g/mol. The maximum absolute atomic E-state index is 12.4. The van der Waals surface area contributed by atoms with E-state index in [2.05, 4.69) is 5.32 Å². The summed E-state index contributed by atoms with van der Waals surface area (Å²) in [4.78, 5) is 39.2. The summed E-state index contributed by atoms with van der Waals surface area (Å²) in [5.41, 5.74) is 1.34. The molecule has 1 aromatic carbocycles. The number of rotatable bonds is 5. The smallest absolute Gasteiger partial charge is 0.339 e. The van der Waals surface area contributed by atoms with Crippen molar-refractivity contribution in [1.29, 1.82) is 0 Å². The number of aromatic carboxylic acids is 1. The number of anilines is 1. The van der Waals surface area contributed by atoms with Crippen molar-refractivity contribution >= 4 is 34.1 Å². The number of fused-ring (bicyclic) bond motifs is 1. The average molecular weight is 386 g/mol. The second-order valence-electron chi connectivity index (χ2n) is 7.00. The van der Waals surface area contributed by atoms with Crippen molar-refractivity contribution < 1.29 is 19.5 Å². The van der Waals surface area contributed by atoms with E-state index in [0.29, 0.717) is 36.5 Å². The van der Waals surface area contributed by atoms with Crippen LogP contribution in [0.2, 0.25) is 0 Å². The second kappa shape index (κ2) is 7.92. The van der Waals surface area contributed by atoms with Crippen molar-refractivity contribution in [2.45, 2.75) is 33.2 Å². The van der Waals surface area contributed by atoms with E-state index in [0.717, 1.165) is 10.4 Å². The van der Waals surface area contributed by atoms with Crippen molar-refractivity contribution in [3.8, 4) is 0 Å². The number of carboxylic acids is 1. The lowest BCUT2D eigenvalue weighted by Crippen LogP contribution is -2.36. The van der Waals surface area contributed by atoms with Crippen LogP contribution in [0.4, 0.5) is 5.00 Å². The lowest BCUT2D eigenvalue weighted by atomic mass is 10.0. The van der Waals surface area contributed by atoms with E-state index in [1.165, 1.54) is 11.3 Å². The largest absolute Gasteiger partial charge is 0.478 e. The number of hydrogen-bond donors (Lipinski definition) is 2. The number of carbonyl (C=O) groups is 3. The average Bonchev–Trinajstić information content (AvgIpc) is 2.98. The summed E-state index contributed by atoms with van der Waals surface area (Å²) >= 11 is 1.25. The van der Waals surface area contributed by atoms with E-state index in [-0.39, 0.29) is 23.3 Å². The zero-order chi connectivity index (χ0) is 19.6. The minimum absolute atomic E-state index is 0.0794. The standard InChI is InChI=1S/C20H22N2O4S/c1-12(2)10-16(23)22-9-8-14-15(11-22)27-19(17(14)20(25)26)21-18(24)13-6-4-3-5-7-13/h3-7,12H,8-11H2,1-2H3,(H,21,24)(H,25,26). The molecule has 0 radical (unpaired) electrons. The van der Waals surface area contributed by atoms with Gasteiger partial charge in [-0.05, 0) is 30.0 Å². The van der Waals surface area contributed by atoms with Gasteiger partial charge in [0.15, 0.2) is 0 Å². The topological polar surface area (TPSA) is 86.7 Å². The molecule has 3 rings (SSSR count). The Morgan fingerprint density at radius 2 is 1.93 bits per heavy atom. The molecule has 1 aromatic heterocycles. The number of carboxylic acid groups (broad SMARTS) is 1. The van der Waals surface area contributed by atoms with Gasteiger partial charge in [0.1, 0.15) is 5.00 Å². The molecular formula is C20H22N2O4S.